The minimum atomic E-state index is -3.30. The third-order valence-corrected chi connectivity index (χ3v) is 20.9. The first kappa shape index (κ1) is 44.0. The number of allylic oxidation sites excluding steroid dienone is 5. The van der Waals surface area contributed by atoms with Crippen molar-refractivity contribution >= 4 is 25.6 Å². The zero-order valence-corrected chi connectivity index (χ0v) is 37.2. The summed E-state index contributed by atoms with van der Waals surface area (Å²) in [4.78, 5) is 13.6. The largest absolute Gasteiger partial charge is 0.481 e. The van der Waals surface area contributed by atoms with Crippen molar-refractivity contribution in [3.63, 3.8) is 0 Å². The average molecular weight is 821 g/mol. The fourth-order valence-electron chi connectivity index (χ4n) is 14.4. The fourth-order valence-corrected chi connectivity index (χ4v) is 16.9. The van der Waals surface area contributed by atoms with Crippen LogP contribution in [0.2, 0.25) is 0 Å². The van der Waals surface area contributed by atoms with E-state index in [1.807, 2.05) is 11.8 Å². The van der Waals surface area contributed by atoms with Crippen molar-refractivity contribution in [3.8, 4) is 0 Å². The number of alkyl halides is 1. The van der Waals surface area contributed by atoms with Gasteiger partial charge in [-0.05, 0) is 147 Å². The topological polar surface area (TPSA) is 121 Å². The lowest BCUT2D eigenvalue weighted by atomic mass is 9.33. The van der Waals surface area contributed by atoms with Gasteiger partial charge in [0.15, 0.2) is 19.7 Å². The van der Waals surface area contributed by atoms with E-state index >= 15 is 0 Å². The van der Waals surface area contributed by atoms with Crippen LogP contribution in [0.25, 0.3) is 0 Å². The fraction of sp³-hybridized carbons (Fsp3) is 0.844. The van der Waals surface area contributed by atoms with Gasteiger partial charge < -0.3 is 15.3 Å². The van der Waals surface area contributed by atoms with Crippen LogP contribution in [-0.4, -0.2) is 94.2 Å². The summed E-state index contributed by atoms with van der Waals surface area (Å²) >= 11 is 0. The molecule has 0 aromatic heterocycles. The molecule has 0 radical (unpaired) electrons. The van der Waals surface area contributed by atoms with Gasteiger partial charge in [-0.25, -0.2) is 16.8 Å². The highest BCUT2D eigenvalue weighted by Gasteiger charge is 2.70. The van der Waals surface area contributed by atoms with Crippen LogP contribution in [0.15, 0.2) is 35.5 Å². The molecule has 0 bridgehead atoms. The standard InChI is InChI=1S/C45H73FN2O6S2/c1-9-32(10-11-33(30-46)40(49)50)35-15-17-42(6)37(41(35,4)5)16-18-44(8)38(42)13-12-36-39-34(31(2)3)14-19-45(39,21-20-43(36,44)7)47-22-26-55(51,52)27-23-48-24-28-56(53,54)29-25-48/h9,15,33-34,36-39,47H,2,10-14,16-30H2,1,3-8H3,(H,49,50). The highest BCUT2D eigenvalue weighted by molar-refractivity contribution is 7.91. The number of carbonyl (C=O) groups is 1. The first-order valence-corrected chi connectivity index (χ1v) is 25.4. The summed E-state index contributed by atoms with van der Waals surface area (Å²) in [6.45, 7) is 22.2. The maximum Gasteiger partial charge on any atom is 0.309 e. The number of carboxylic acids is 1. The molecule has 6 aliphatic rings. The van der Waals surface area contributed by atoms with Crippen molar-refractivity contribution in [3.05, 3.63) is 35.5 Å². The molecule has 4 saturated carbocycles. The van der Waals surface area contributed by atoms with Crippen molar-refractivity contribution in [2.45, 2.75) is 125 Å². The quantitative estimate of drug-likeness (QED) is 0.169. The van der Waals surface area contributed by atoms with Gasteiger partial charge in [0.05, 0.1) is 28.9 Å². The lowest BCUT2D eigenvalue weighted by Crippen LogP contribution is -2.68. The van der Waals surface area contributed by atoms with E-state index in [2.05, 4.69) is 65.6 Å². The van der Waals surface area contributed by atoms with Crippen molar-refractivity contribution in [1.29, 1.82) is 0 Å². The molecule has 56 heavy (non-hydrogen) atoms. The first-order valence-electron chi connectivity index (χ1n) is 21.8. The first-order chi connectivity index (χ1) is 26.1. The van der Waals surface area contributed by atoms with Gasteiger partial charge in [0.2, 0.25) is 0 Å². The molecule has 5 fully saturated rings. The number of nitrogens with one attached hydrogen (secondary N) is 1. The van der Waals surface area contributed by atoms with E-state index in [0.29, 0.717) is 68.6 Å². The van der Waals surface area contributed by atoms with Crippen LogP contribution >= 0.6 is 0 Å². The minimum Gasteiger partial charge on any atom is -0.481 e. The molecule has 10 unspecified atom stereocenters. The number of rotatable bonds is 14. The number of nitrogens with zero attached hydrogens (tertiary/aromatic N) is 1. The summed E-state index contributed by atoms with van der Waals surface area (Å²) in [6.07, 6.45) is 15.6. The summed E-state index contributed by atoms with van der Waals surface area (Å²) < 4.78 is 63.9. The smallest absolute Gasteiger partial charge is 0.309 e. The molecule has 6 rings (SSSR count). The van der Waals surface area contributed by atoms with Gasteiger partial charge in [-0.3, -0.25) is 9.18 Å². The van der Waals surface area contributed by atoms with Gasteiger partial charge in [-0.2, -0.15) is 0 Å². The Morgan fingerprint density at radius 3 is 2.34 bits per heavy atom. The third kappa shape index (κ3) is 7.68. The number of hydrogen-bond acceptors (Lipinski definition) is 7. The molecule has 0 amide bonds. The van der Waals surface area contributed by atoms with Crippen LogP contribution in [-0.2, 0) is 24.5 Å². The molecule has 11 heteroatoms. The third-order valence-electron chi connectivity index (χ3n) is 17.7. The molecular weight excluding hydrogens is 748 g/mol. The van der Waals surface area contributed by atoms with Crippen molar-refractivity contribution in [2.75, 3.05) is 55.9 Å². The van der Waals surface area contributed by atoms with Gasteiger partial charge >= 0.3 is 5.97 Å². The van der Waals surface area contributed by atoms with Gasteiger partial charge in [0.25, 0.3) is 0 Å². The highest BCUT2D eigenvalue weighted by atomic mass is 32.2. The molecule has 0 spiro atoms. The maximum absolute atomic E-state index is 13.6. The summed E-state index contributed by atoms with van der Waals surface area (Å²) in [5, 5.41) is 13.5. The van der Waals surface area contributed by atoms with E-state index in [1.54, 1.807) is 0 Å². The summed E-state index contributed by atoms with van der Waals surface area (Å²) in [5.74, 6) is 0.787. The maximum atomic E-state index is 13.6. The Morgan fingerprint density at radius 2 is 1.71 bits per heavy atom. The summed E-state index contributed by atoms with van der Waals surface area (Å²) in [5.41, 5.74) is 4.03. The van der Waals surface area contributed by atoms with E-state index in [1.165, 1.54) is 36.0 Å². The predicted molar refractivity (Wildman–Crippen MR) is 225 cm³/mol. The molecule has 1 aliphatic heterocycles. The lowest BCUT2D eigenvalue weighted by molar-refractivity contribution is -0.221. The Hall–Kier alpha value is -1.56. The van der Waals surface area contributed by atoms with Crippen LogP contribution in [0.4, 0.5) is 4.39 Å². The van der Waals surface area contributed by atoms with Gasteiger partial charge in [-0.1, -0.05) is 58.9 Å². The predicted octanol–water partition coefficient (Wildman–Crippen LogP) is 8.06. The van der Waals surface area contributed by atoms with E-state index < -0.39 is 38.2 Å². The average Bonchev–Trinajstić information content (AvgIpc) is 3.50. The van der Waals surface area contributed by atoms with Crippen LogP contribution in [0.1, 0.15) is 119 Å². The van der Waals surface area contributed by atoms with E-state index in [9.17, 15) is 31.1 Å². The Bertz CT molecular complexity index is 1790. The molecular formula is C45H73FN2O6S2. The Balaban J connectivity index is 1.19. The zero-order valence-electron chi connectivity index (χ0n) is 35.6. The second-order valence-electron chi connectivity index (χ2n) is 20.5. The van der Waals surface area contributed by atoms with Crippen LogP contribution in [0.3, 0.4) is 0 Å². The molecule has 1 saturated heterocycles. The summed E-state index contributed by atoms with van der Waals surface area (Å²) in [6, 6.07) is 0. The molecule has 10 atom stereocenters. The van der Waals surface area contributed by atoms with E-state index in [0.717, 1.165) is 38.5 Å². The normalized spacial score (nSPS) is 40.0. The second kappa shape index (κ2) is 15.8. The number of carboxylic acid groups (broad SMARTS) is 1. The van der Waals surface area contributed by atoms with Crippen LogP contribution in [0, 0.1) is 57.2 Å². The Labute approximate surface area is 338 Å². The Kier molecular flexibility index (Phi) is 12.4. The van der Waals surface area contributed by atoms with Gasteiger partial charge in [0.1, 0.15) is 6.67 Å². The van der Waals surface area contributed by atoms with Gasteiger partial charge in [0, 0.05) is 31.7 Å². The molecule has 5 aliphatic carbocycles. The number of fused-ring (bicyclic) bond motifs is 7. The molecule has 0 aromatic carbocycles. The highest BCUT2D eigenvalue weighted by Crippen LogP contribution is 2.76. The molecule has 1 heterocycles. The summed E-state index contributed by atoms with van der Waals surface area (Å²) in [7, 11) is -6.30. The monoisotopic (exact) mass is 820 g/mol. The Morgan fingerprint density at radius 1 is 1.02 bits per heavy atom. The lowest BCUT2D eigenvalue weighted by Gasteiger charge is -2.72. The van der Waals surface area contributed by atoms with Crippen LogP contribution < -0.4 is 5.32 Å². The van der Waals surface area contributed by atoms with E-state index in [-0.39, 0.29) is 50.2 Å². The van der Waals surface area contributed by atoms with Crippen molar-refractivity contribution in [1.82, 2.24) is 10.2 Å². The van der Waals surface area contributed by atoms with Gasteiger partial charge in [-0.15, -0.1) is 0 Å². The molecule has 318 valence electrons. The van der Waals surface area contributed by atoms with Crippen LogP contribution in [0.5, 0.6) is 0 Å². The number of aliphatic carboxylic acids is 1. The number of halogens is 1. The molecule has 0 aromatic rings. The molecule has 2 N–H and O–H groups in total. The number of sulfone groups is 2. The molecule has 8 nitrogen and oxygen atoms in total. The van der Waals surface area contributed by atoms with Crippen molar-refractivity contribution in [2.24, 2.45) is 57.2 Å². The van der Waals surface area contributed by atoms with Crippen molar-refractivity contribution < 1.29 is 31.1 Å². The number of hydrogen-bond donors (Lipinski definition) is 2. The SMILES string of the molecule is C=C(C)C1CCC2(NCCS(=O)(=O)CCN3CCS(=O)(=O)CC3)CCC3(C)C(CCC4C5(C)CC=C(C(=CC)CCC(CF)C(=O)O)C(C)(C)C5CCC43C)C12. The minimum absolute atomic E-state index is 0.0631. The second-order valence-corrected chi connectivity index (χ2v) is 25.1. The zero-order chi connectivity index (χ0) is 41.1. The van der Waals surface area contributed by atoms with E-state index in [4.69, 9.17) is 0 Å².